The lowest BCUT2D eigenvalue weighted by atomic mass is 10.2. The third-order valence-corrected chi connectivity index (χ3v) is 8.22. The molecular formula is C30H32N4O5S. The van der Waals surface area contributed by atoms with Gasteiger partial charge >= 0.3 is 0 Å². The summed E-state index contributed by atoms with van der Waals surface area (Å²) in [4.78, 5) is 13.0. The first-order valence-electron chi connectivity index (χ1n) is 12.5. The van der Waals surface area contributed by atoms with Crippen LogP contribution in [0.4, 0.5) is 5.69 Å². The number of anilines is 1. The van der Waals surface area contributed by atoms with Gasteiger partial charge in [0.25, 0.3) is 15.9 Å². The maximum Gasteiger partial charge on any atom is 0.264 e. The van der Waals surface area contributed by atoms with Gasteiger partial charge in [-0.2, -0.15) is 5.10 Å². The number of carbonyl (C=O) groups is 1. The fourth-order valence-electron chi connectivity index (χ4n) is 4.36. The molecule has 9 nitrogen and oxygen atoms in total. The third-order valence-electron chi connectivity index (χ3n) is 6.43. The number of aromatic nitrogens is 1. The second-order valence-electron chi connectivity index (χ2n) is 9.15. The largest absolute Gasteiger partial charge is 0.493 e. The number of hydrogen-bond acceptors (Lipinski definition) is 6. The van der Waals surface area contributed by atoms with E-state index < -0.39 is 22.5 Å². The fourth-order valence-corrected chi connectivity index (χ4v) is 5.80. The first kappa shape index (κ1) is 28.4. The van der Waals surface area contributed by atoms with Crippen molar-refractivity contribution >= 4 is 27.8 Å². The van der Waals surface area contributed by atoms with E-state index in [0.717, 1.165) is 26.9 Å². The van der Waals surface area contributed by atoms with E-state index in [0.29, 0.717) is 11.5 Å². The smallest absolute Gasteiger partial charge is 0.264 e. The molecule has 0 aliphatic heterocycles. The molecular weight excluding hydrogens is 528 g/mol. The average Bonchev–Trinajstić information content (AvgIpc) is 3.24. The number of hydrazone groups is 1. The summed E-state index contributed by atoms with van der Waals surface area (Å²) in [5, 5.41) is 4.12. The number of hydrogen-bond donors (Lipinski definition) is 1. The van der Waals surface area contributed by atoms with E-state index in [-0.39, 0.29) is 10.6 Å². The van der Waals surface area contributed by atoms with Crippen LogP contribution >= 0.6 is 0 Å². The summed E-state index contributed by atoms with van der Waals surface area (Å²) in [6, 6.07) is 22.7. The van der Waals surface area contributed by atoms with Crippen molar-refractivity contribution in [2.45, 2.75) is 25.7 Å². The van der Waals surface area contributed by atoms with Crippen molar-refractivity contribution < 1.29 is 22.7 Å². The molecule has 0 spiro atoms. The van der Waals surface area contributed by atoms with Gasteiger partial charge in [-0.1, -0.05) is 35.9 Å². The highest BCUT2D eigenvalue weighted by molar-refractivity contribution is 7.92. The Balaban J connectivity index is 1.58. The van der Waals surface area contributed by atoms with Crippen molar-refractivity contribution in [2.75, 3.05) is 25.1 Å². The number of carbonyl (C=O) groups excluding carboxylic acids is 1. The summed E-state index contributed by atoms with van der Waals surface area (Å²) in [6.07, 6.45) is 1.55. The molecule has 0 saturated heterocycles. The van der Waals surface area contributed by atoms with Gasteiger partial charge in [0.15, 0.2) is 11.5 Å². The van der Waals surface area contributed by atoms with Crippen LogP contribution in [0.25, 0.3) is 5.69 Å². The van der Waals surface area contributed by atoms with Crippen molar-refractivity contribution in [2.24, 2.45) is 5.10 Å². The minimum absolute atomic E-state index is 0.0460. The zero-order chi connectivity index (χ0) is 28.9. The first-order chi connectivity index (χ1) is 19.1. The second-order valence-corrected chi connectivity index (χ2v) is 11.0. The molecule has 0 radical (unpaired) electrons. The molecule has 208 valence electrons. The normalized spacial score (nSPS) is 11.4. The standard InChI is InChI=1S/C30H32N4O5S/c1-21-11-13-25(14-12-21)34-22(2)17-24(23(34)3)19-31-32-30(35)20-33(40(36,37)27-9-7-6-8-10-27)26-15-16-28(38-4)29(18-26)39-5/h6-19H,20H2,1-5H3,(H,32,35)/b31-19-. The highest BCUT2D eigenvalue weighted by Crippen LogP contribution is 2.33. The molecule has 0 aliphatic carbocycles. The first-order valence-corrected chi connectivity index (χ1v) is 14.0. The van der Waals surface area contributed by atoms with Crippen molar-refractivity contribution in [1.29, 1.82) is 0 Å². The molecule has 4 rings (SSSR count). The van der Waals surface area contributed by atoms with Gasteiger partial charge in [-0.15, -0.1) is 0 Å². The number of benzene rings is 3. The molecule has 3 aromatic carbocycles. The Hall–Kier alpha value is -4.57. The van der Waals surface area contributed by atoms with Gasteiger partial charge in [0.2, 0.25) is 0 Å². The van der Waals surface area contributed by atoms with Gasteiger partial charge in [0.1, 0.15) is 6.54 Å². The maximum atomic E-state index is 13.6. The lowest BCUT2D eigenvalue weighted by Gasteiger charge is -2.24. The van der Waals surface area contributed by atoms with Gasteiger partial charge in [0.05, 0.1) is 31.0 Å². The summed E-state index contributed by atoms with van der Waals surface area (Å²) >= 11 is 0. The molecule has 0 bridgehead atoms. The molecule has 1 heterocycles. The minimum atomic E-state index is -4.09. The summed E-state index contributed by atoms with van der Waals surface area (Å²) in [6.45, 7) is 5.50. The molecule has 1 amide bonds. The van der Waals surface area contributed by atoms with Gasteiger partial charge in [-0.05, 0) is 63.2 Å². The van der Waals surface area contributed by atoms with Gasteiger partial charge in [-0.25, -0.2) is 13.8 Å². The number of ether oxygens (including phenoxy) is 2. The third kappa shape index (κ3) is 6.02. The second kappa shape index (κ2) is 12.1. The van der Waals surface area contributed by atoms with Crippen molar-refractivity contribution in [1.82, 2.24) is 9.99 Å². The van der Waals surface area contributed by atoms with Crippen LogP contribution in [0.2, 0.25) is 0 Å². The van der Waals surface area contributed by atoms with Crippen LogP contribution in [-0.4, -0.2) is 45.9 Å². The SMILES string of the molecule is COc1ccc(N(CC(=O)N/N=C\c2cc(C)n(-c3ccc(C)cc3)c2C)S(=O)(=O)c2ccccc2)cc1OC. The highest BCUT2D eigenvalue weighted by Gasteiger charge is 2.28. The predicted molar refractivity (Wildman–Crippen MR) is 156 cm³/mol. The van der Waals surface area contributed by atoms with E-state index in [1.165, 1.54) is 38.0 Å². The van der Waals surface area contributed by atoms with Gasteiger partial charge in [0, 0.05) is 28.7 Å². The number of methoxy groups -OCH3 is 2. The Morgan fingerprint density at radius 1 is 0.925 bits per heavy atom. The summed E-state index contributed by atoms with van der Waals surface area (Å²) in [5.41, 5.74) is 7.71. The monoisotopic (exact) mass is 560 g/mol. The summed E-state index contributed by atoms with van der Waals surface area (Å²) in [5.74, 6) is 0.147. The van der Waals surface area contributed by atoms with E-state index in [9.17, 15) is 13.2 Å². The van der Waals surface area contributed by atoms with Gasteiger partial charge < -0.3 is 14.0 Å². The van der Waals surface area contributed by atoms with Crippen LogP contribution in [0.5, 0.6) is 11.5 Å². The van der Waals surface area contributed by atoms with E-state index in [1.54, 1.807) is 36.5 Å². The molecule has 4 aromatic rings. The summed E-state index contributed by atoms with van der Waals surface area (Å²) in [7, 11) is -1.15. The maximum absolute atomic E-state index is 13.6. The van der Waals surface area contributed by atoms with Gasteiger partial charge in [-0.3, -0.25) is 9.10 Å². The molecule has 0 atom stereocenters. The van der Waals surface area contributed by atoms with Crippen molar-refractivity contribution in [3.8, 4) is 17.2 Å². The predicted octanol–water partition coefficient (Wildman–Crippen LogP) is 4.77. The number of rotatable bonds is 10. The molecule has 0 saturated carbocycles. The summed E-state index contributed by atoms with van der Waals surface area (Å²) < 4.78 is 40.9. The molecule has 0 aliphatic rings. The topological polar surface area (TPSA) is 102 Å². The van der Waals surface area contributed by atoms with E-state index in [4.69, 9.17) is 9.47 Å². The molecule has 1 aromatic heterocycles. The van der Waals surface area contributed by atoms with Crippen molar-refractivity contribution in [3.63, 3.8) is 0 Å². The minimum Gasteiger partial charge on any atom is -0.493 e. The van der Waals surface area contributed by atoms with Crippen LogP contribution < -0.4 is 19.2 Å². The Kier molecular flexibility index (Phi) is 8.59. The lowest BCUT2D eigenvalue weighted by Crippen LogP contribution is -2.39. The van der Waals surface area contributed by atoms with E-state index in [2.05, 4.69) is 27.2 Å². The number of nitrogens with zero attached hydrogens (tertiary/aromatic N) is 3. The lowest BCUT2D eigenvalue weighted by molar-refractivity contribution is -0.119. The molecule has 10 heteroatoms. The Morgan fingerprint density at radius 3 is 2.25 bits per heavy atom. The van der Waals surface area contributed by atoms with Crippen LogP contribution in [0.3, 0.4) is 0 Å². The van der Waals surface area contributed by atoms with Crippen LogP contribution in [0.1, 0.15) is 22.5 Å². The van der Waals surface area contributed by atoms with Crippen molar-refractivity contribution in [3.05, 3.63) is 101 Å². The van der Waals surface area contributed by atoms with E-state index in [1.807, 2.05) is 39.0 Å². The highest BCUT2D eigenvalue weighted by atomic mass is 32.2. The number of amides is 1. The van der Waals surface area contributed by atoms with Crippen LogP contribution in [-0.2, 0) is 14.8 Å². The quantitative estimate of drug-likeness (QED) is 0.223. The molecule has 0 fully saturated rings. The Morgan fingerprint density at radius 2 is 1.60 bits per heavy atom. The molecule has 0 unspecified atom stereocenters. The molecule has 1 N–H and O–H groups in total. The fraction of sp³-hybridized carbons (Fsp3) is 0.200. The Labute approximate surface area is 234 Å². The molecule has 40 heavy (non-hydrogen) atoms. The van der Waals surface area contributed by atoms with Crippen LogP contribution in [0.15, 0.2) is 88.9 Å². The zero-order valence-electron chi connectivity index (χ0n) is 23.1. The Bertz CT molecular complexity index is 1630. The zero-order valence-corrected chi connectivity index (χ0v) is 23.9. The van der Waals surface area contributed by atoms with Crippen LogP contribution in [0, 0.1) is 20.8 Å². The number of nitrogens with one attached hydrogen (secondary N) is 1. The average molecular weight is 561 g/mol. The van der Waals surface area contributed by atoms with E-state index >= 15 is 0 Å². The number of aryl methyl sites for hydroxylation is 2. The number of sulfonamides is 1.